The minimum atomic E-state index is -1.08. The molecule has 0 radical (unpaired) electrons. The summed E-state index contributed by atoms with van der Waals surface area (Å²) in [5, 5.41) is 8.30. The molecule has 1 fully saturated rings. The predicted octanol–water partition coefficient (Wildman–Crippen LogP) is 1.16. The number of hydrogen-bond acceptors (Lipinski definition) is 4. The second-order valence-corrected chi connectivity index (χ2v) is 4.13. The van der Waals surface area contributed by atoms with Gasteiger partial charge in [-0.05, 0) is 23.9 Å². The molecule has 0 saturated carbocycles. The highest BCUT2D eigenvalue weighted by molar-refractivity contribution is 8.13. The molecule has 2 rings (SSSR count). The maximum atomic E-state index is 11.5. The van der Waals surface area contributed by atoms with Gasteiger partial charge >= 0.3 is 5.97 Å². The lowest BCUT2D eigenvalue weighted by atomic mass is 10.3. The summed E-state index contributed by atoms with van der Waals surface area (Å²) in [4.78, 5) is 22.7. The van der Waals surface area contributed by atoms with Crippen LogP contribution < -0.4 is 0 Å². The van der Waals surface area contributed by atoms with Gasteiger partial charge in [-0.1, -0.05) is 18.2 Å². The SMILES string of the molecule is O=C(O)C1OC1C(=O)Sc1ccccc1. The first-order valence-electron chi connectivity index (χ1n) is 4.33. The van der Waals surface area contributed by atoms with E-state index in [1.807, 2.05) is 18.2 Å². The standard InChI is InChI=1S/C10H8O4S/c11-9(12)7-8(14-7)10(13)15-6-4-2-1-3-5-6/h1-5,7-8H,(H,11,12). The fraction of sp³-hybridized carbons (Fsp3) is 0.200. The third kappa shape index (κ3) is 2.37. The van der Waals surface area contributed by atoms with Gasteiger partial charge in [0.1, 0.15) is 0 Å². The molecule has 0 bridgehead atoms. The Bertz CT molecular complexity index is 390. The van der Waals surface area contributed by atoms with Crippen molar-refractivity contribution >= 4 is 22.8 Å². The van der Waals surface area contributed by atoms with E-state index in [-0.39, 0.29) is 5.12 Å². The maximum absolute atomic E-state index is 11.5. The molecule has 1 aromatic rings. The third-order valence-electron chi connectivity index (χ3n) is 1.93. The molecule has 0 amide bonds. The van der Waals surface area contributed by atoms with E-state index in [1.165, 1.54) is 0 Å². The highest BCUT2D eigenvalue weighted by Crippen LogP contribution is 2.31. The summed E-state index contributed by atoms with van der Waals surface area (Å²) in [6, 6.07) is 9.07. The molecule has 15 heavy (non-hydrogen) atoms. The average molecular weight is 224 g/mol. The van der Waals surface area contributed by atoms with Crippen LogP contribution in [0.1, 0.15) is 0 Å². The molecular formula is C10H8O4S. The van der Waals surface area contributed by atoms with Gasteiger partial charge in [0.15, 0.2) is 12.2 Å². The molecule has 5 heteroatoms. The Morgan fingerprint density at radius 2 is 1.87 bits per heavy atom. The Balaban J connectivity index is 1.92. The molecule has 4 nitrogen and oxygen atoms in total. The highest BCUT2D eigenvalue weighted by Gasteiger charge is 2.50. The summed E-state index contributed by atoms with van der Waals surface area (Å²) < 4.78 is 4.74. The molecule has 0 aliphatic carbocycles. The van der Waals surface area contributed by atoms with Gasteiger partial charge in [-0.3, -0.25) is 4.79 Å². The lowest BCUT2D eigenvalue weighted by Gasteiger charge is -1.96. The number of rotatable bonds is 3. The van der Waals surface area contributed by atoms with Crippen LogP contribution in [0.15, 0.2) is 35.2 Å². The molecule has 1 heterocycles. The minimum absolute atomic E-state index is 0.256. The van der Waals surface area contributed by atoms with Crippen molar-refractivity contribution in [2.75, 3.05) is 0 Å². The number of carbonyl (C=O) groups is 2. The zero-order valence-corrected chi connectivity index (χ0v) is 8.44. The maximum Gasteiger partial charge on any atom is 0.336 e. The molecule has 2 atom stereocenters. The van der Waals surface area contributed by atoms with Crippen LogP contribution in [-0.2, 0) is 14.3 Å². The summed E-state index contributed by atoms with van der Waals surface area (Å²) in [5.41, 5.74) is 0. The average Bonchev–Trinajstić information content (AvgIpc) is 2.98. The number of benzene rings is 1. The topological polar surface area (TPSA) is 66.9 Å². The van der Waals surface area contributed by atoms with Gasteiger partial charge in [0.2, 0.25) is 5.12 Å². The van der Waals surface area contributed by atoms with Crippen molar-refractivity contribution in [3.63, 3.8) is 0 Å². The summed E-state index contributed by atoms with van der Waals surface area (Å²) in [7, 11) is 0. The smallest absolute Gasteiger partial charge is 0.336 e. The second kappa shape index (κ2) is 4.04. The Labute approximate surface area is 90.2 Å². The quantitative estimate of drug-likeness (QED) is 0.616. The number of ether oxygens (including phenoxy) is 1. The Morgan fingerprint density at radius 3 is 2.40 bits per heavy atom. The van der Waals surface area contributed by atoms with Crippen LogP contribution in [0.5, 0.6) is 0 Å². The van der Waals surface area contributed by atoms with Gasteiger partial charge in [-0.15, -0.1) is 0 Å². The number of epoxide rings is 1. The summed E-state index contributed by atoms with van der Waals surface area (Å²) in [6.07, 6.45) is -1.73. The monoisotopic (exact) mass is 224 g/mol. The van der Waals surface area contributed by atoms with E-state index < -0.39 is 18.2 Å². The summed E-state index contributed by atoms with van der Waals surface area (Å²) in [5.74, 6) is -1.08. The van der Waals surface area contributed by atoms with Gasteiger partial charge in [-0.25, -0.2) is 4.79 Å². The van der Waals surface area contributed by atoms with Crippen molar-refractivity contribution in [1.82, 2.24) is 0 Å². The van der Waals surface area contributed by atoms with E-state index in [9.17, 15) is 9.59 Å². The minimum Gasteiger partial charge on any atom is -0.479 e. The van der Waals surface area contributed by atoms with E-state index >= 15 is 0 Å². The lowest BCUT2D eigenvalue weighted by molar-refractivity contribution is -0.138. The molecule has 1 aliphatic rings. The van der Waals surface area contributed by atoms with Gasteiger partial charge in [0.25, 0.3) is 0 Å². The second-order valence-electron chi connectivity index (χ2n) is 3.05. The van der Waals surface area contributed by atoms with E-state index in [4.69, 9.17) is 9.84 Å². The van der Waals surface area contributed by atoms with Crippen molar-refractivity contribution in [3.8, 4) is 0 Å². The zero-order chi connectivity index (χ0) is 10.8. The molecule has 2 unspecified atom stereocenters. The Hall–Kier alpha value is -1.33. The van der Waals surface area contributed by atoms with Crippen LogP contribution in [0.4, 0.5) is 0 Å². The molecule has 1 N–H and O–H groups in total. The Morgan fingerprint density at radius 1 is 1.20 bits per heavy atom. The molecule has 0 spiro atoms. The molecule has 1 aromatic carbocycles. The number of carboxylic acid groups (broad SMARTS) is 1. The van der Waals surface area contributed by atoms with Crippen LogP contribution in [-0.4, -0.2) is 28.4 Å². The number of carbonyl (C=O) groups excluding carboxylic acids is 1. The fourth-order valence-electron chi connectivity index (χ4n) is 1.14. The zero-order valence-electron chi connectivity index (χ0n) is 7.62. The van der Waals surface area contributed by atoms with Gasteiger partial charge in [0, 0.05) is 4.90 Å². The number of aliphatic carboxylic acids is 1. The molecule has 1 saturated heterocycles. The van der Waals surface area contributed by atoms with Crippen molar-refractivity contribution in [3.05, 3.63) is 30.3 Å². The van der Waals surface area contributed by atoms with Gasteiger partial charge in [-0.2, -0.15) is 0 Å². The van der Waals surface area contributed by atoms with Crippen LogP contribution in [0.3, 0.4) is 0 Å². The number of hydrogen-bond donors (Lipinski definition) is 1. The van der Waals surface area contributed by atoms with E-state index in [0.29, 0.717) is 0 Å². The van der Waals surface area contributed by atoms with E-state index in [1.54, 1.807) is 12.1 Å². The first-order chi connectivity index (χ1) is 7.18. The van der Waals surface area contributed by atoms with E-state index in [0.717, 1.165) is 16.7 Å². The first-order valence-corrected chi connectivity index (χ1v) is 5.15. The van der Waals surface area contributed by atoms with E-state index in [2.05, 4.69) is 0 Å². The molecule has 0 aromatic heterocycles. The van der Waals surface area contributed by atoms with Crippen molar-refractivity contribution < 1.29 is 19.4 Å². The van der Waals surface area contributed by atoms with Crippen LogP contribution >= 0.6 is 11.8 Å². The van der Waals surface area contributed by atoms with Crippen molar-refractivity contribution in [2.24, 2.45) is 0 Å². The normalized spacial score (nSPS) is 23.5. The van der Waals surface area contributed by atoms with Crippen molar-refractivity contribution in [1.29, 1.82) is 0 Å². The fourth-order valence-corrected chi connectivity index (χ4v) is 1.96. The summed E-state index contributed by atoms with van der Waals surface area (Å²) >= 11 is 1.01. The van der Waals surface area contributed by atoms with Crippen LogP contribution in [0, 0.1) is 0 Å². The molecular weight excluding hydrogens is 216 g/mol. The van der Waals surface area contributed by atoms with Gasteiger partial charge < -0.3 is 9.84 Å². The largest absolute Gasteiger partial charge is 0.479 e. The predicted molar refractivity (Wildman–Crippen MR) is 53.6 cm³/mol. The number of thioether (sulfide) groups is 1. The van der Waals surface area contributed by atoms with Gasteiger partial charge in [0.05, 0.1) is 0 Å². The first kappa shape index (κ1) is 10.2. The third-order valence-corrected chi connectivity index (χ3v) is 2.87. The van der Waals surface area contributed by atoms with Crippen LogP contribution in [0.2, 0.25) is 0 Å². The molecule has 1 aliphatic heterocycles. The van der Waals surface area contributed by atoms with Crippen LogP contribution in [0.25, 0.3) is 0 Å². The highest BCUT2D eigenvalue weighted by atomic mass is 32.2. The molecule has 78 valence electrons. The number of carboxylic acids is 1. The summed E-state index contributed by atoms with van der Waals surface area (Å²) in [6.45, 7) is 0. The Kier molecular flexibility index (Phi) is 2.75. The lowest BCUT2D eigenvalue weighted by Crippen LogP contribution is -2.12. The van der Waals surface area contributed by atoms with Crippen molar-refractivity contribution in [2.45, 2.75) is 17.1 Å².